The van der Waals surface area contributed by atoms with Crippen LogP contribution in [0.1, 0.15) is 23.7 Å². The highest BCUT2D eigenvalue weighted by Gasteiger charge is 2.12. The maximum atomic E-state index is 12.0. The van der Waals surface area contributed by atoms with Crippen LogP contribution in [0.2, 0.25) is 0 Å². The summed E-state index contributed by atoms with van der Waals surface area (Å²) in [6.07, 6.45) is 1.60. The molecule has 0 fully saturated rings. The van der Waals surface area contributed by atoms with Gasteiger partial charge in [0.25, 0.3) is 0 Å². The number of amides is 2. The minimum atomic E-state index is -1.07. The molecule has 2 amide bonds. The molecular weight excluding hydrogens is 306 g/mol. The van der Waals surface area contributed by atoms with Gasteiger partial charge in [-0.1, -0.05) is 6.07 Å². The zero-order valence-corrected chi connectivity index (χ0v) is 13.7. The van der Waals surface area contributed by atoms with E-state index in [1.54, 1.807) is 41.9 Å². The second kappa shape index (κ2) is 6.82. The number of aryl methyl sites for hydroxylation is 1. The summed E-state index contributed by atoms with van der Waals surface area (Å²) in [6, 6.07) is 6.51. The lowest BCUT2D eigenvalue weighted by Crippen LogP contribution is -2.31. The number of urea groups is 1. The SMILES string of the molecule is Cc1nc([C@@H](C)NC(=O)Nc2cccc([S@@](C)=O)c2)cs1. The van der Waals surface area contributed by atoms with Crippen LogP contribution in [0.3, 0.4) is 0 Å². The highest BCUT2D eigenvalue weighted by Crippen LogP contribution is 2.16. The number of hydrogen-bond donors (Lipinski definition) is 2. The van der Waals surface area contributed by atoms with Gasteiger partial charge in [0.15, 0.2) is 0 Å². The Morgan fingerprint density at radius 3 is 2.81 bits per heavy atom. The van der Waals surface area contributed by atoms with Crippen LogP contribution in [-0.2, 0) is 10.8 Å². The number of nitrogens with zero attached hydrogens (tertiary/aromatic N) is 1. The maximum absolute atomic E-state index is 12.0. The number of anilines is 1. The Bertz CT molecular complexity index is 670. The molecule has 2 N–H and O–H groups in total. The number of thiazole rings is 1. The summed E-state index contributed by atoms with van der Waals surface area (Å²) in [7, 11) is -1.07. The highest BCUT2D eigenvalue weighted by atomic mass is 32.2. The first-order chi connectivity index (χ1) is 9.95. The van der Waals surface area contributed by atoms with Crippen LogP contribution in [0.4, 0.5) is 10.5 Å². The first kappa shape index (κ1) is 15.7. The Morgan fingerprint density at radius 2 is 2.19 bits per heavy atom. The van der Waals surface area contributed by atoms with E-state index < -0.39 is 10.8 Å². The highest BCUT2D eigenvalue weighted by molar-refractivity contribution is 7.84. The molecule has 0 saturated carbocycles. The molecule has 2 atom stereocenters. The van der Waals surface area contributed by atoms with Crippen LogP contribution in [0.5, 0.6) is 0 Å². The van der Waals surface area contributed by atoms with Gasteiger partial charge in [-0.3, -0.25) is 4.21 Å². The third-order valence-electron chi connectivity index (χ3n) is 2.85. The third kappa shape index (κ3) is 4.37. The number of benzene rings is 1. The fourth-order valence-electron chi connectivity index (χ4n) is 1.77. The summed E-state index contributed by atoms with van der Waals surface area (Å²) in [5, 5.41) is 8.46. The first-order valence-corrected chi connectivity index (χ1v) is 8.82. The number of hydrogen-bond acceptors (Lipinski definition) is 4. The molecule has 0 radical (unpaired) electrons. The van der Waals surface area contributed by atoms with E-state index >= 15 is 0 Å². The first-order valence-electron chi connectivity index (χ1n) is 6.38. The van der Waals surface area contributed by atoms with E-state index in [2.05, 4.69) is 15.6 Å². The van der Waals surface area contributed by atoms with Crippen molar-refractivity contribution in [2.45, 2.75) is 24.8 Å². The lowest BCUT2D eigenvalue weighted by atomic mass is 10.2. The van der Waals surface area contributed by atoms with Crippen molar-refractivity contribution in [1.82, 2.24) is 10.3 Å². The van der Waals surface area contributed by atoms with E-state index in [9.17, 15) is 9.00 Å². The molecule has 0 aliphatic rings. The summed E-state index contributed by atoms with van der Waals surface area (Å²) < 4.78 is 11.4. The Balaban J connectivity index is 1.98. The molecule has 0 unspecified atom stereocenters. The van der Waals surface area contributed by atoms with E-state index in [-0.39, 0.29) is 12.1 Å². The lowest BCUT2D eigenvalue weighted by Gasteiger charge is -2.13. The molecule has 0 aliphatic carbocycles. The number of carbonyl (C=O) groups excluding carboxylic acids is 1. The van der Waals surface area contributed by atoms with Gasteiger partial charge >= 0.3 is 6.03 Å². The molecule has 7 heteroatoms. The number of aromatic nitrogens is 1. The summed E-state index contributed by atoms with van der Waals surface area (Å²) in [5.74, 6) is 0. The van der Waals surface area contributed by atoms with Gasteiger partial charge in [0.1, 0.15) is 0 Å². The van der Waals surface area contributed by atoms with Crippen LogP contribution in [0, 0.1) is 6.92 Å². The number of nitrogens with one attached hydrogen (secondary N) is 2. The van der Waals surface area contributed by atoms with Gasteiger partial charge in [0.05, 0.1) is 16.7 Å². The molecule has 0 aliphatic heterocycles. The van der Waals surface area contributed by atoms with Gasteiger partial charge in [-0.15, -0.1) is 11.3 Å². The standard InChI is InChI=1S/C14H17N3O2S2/c1-9(13-8-20-10(2)16-13)15-14(18)17-11-5-4-6-12(7-11)21(3)19/h4-9H,1-3H3,(H2,15,17,18)/t9-,21-/m1/s1. The summed E-state index contributed by atoms with van der Waals surface area (Å²) >= 11 is 1.55. The molecule has 2 rings (SSSR count). The van der Waals surface area contributed by atoms with Crippen molar-refractivity contribution in [1.29, 1.82) is 0 Å². The molecule has 0 saturated heterocycles. The van der Waals surface area contributed by atoms with Gasteiger partial charge < -0.3 is 10.6 Å². The zero-order valence-electron chi connectivity index (χ0n) is 12.0. The Hall–Kier alpha value is -1.73. The second-order valence-electron chi connectivity index (χ2n) is 4.59. The second-order valence-corrected chi connectivity index (χ2v) is 7.04. The zero-order chi connectivity index (χ0) is 15.4. The maximum Gasteiger partial charge on any atom is 0.319 e. The predicted octanol–water partition coefficient (Wildman–Crippen LogP) is 3.07. The minimum absolute atomic E-state index is 0.168. The molecule has 1 heterocycles. The van der Waals surface area contributed by atoms with Crippen LogP contribution >= 0.6 is 11.3 Å². The molecule has 2 aromatic rings. The van der Waals surface area contributed by atoms with E-state index in [0.29, 0.717) is 10.6 Å². The molecule has 0 bridgehead atoms. The Morgan fingerprint density at radius 1 is 1.43 bits per heavy atom. The lowest BCUT2D eigenvalue weighted by molar-refractivity contribution is 0.249. The largest absolute Gasteiger partial charge is 0.330 e. The molecule has 5 nitrogen and oxygen atoms in total. The molecule has 112 valence electrons. The van der Waals surface area contributed by atoms with E-state index in [0.717, 1.165) is 10.7 Å². The Labute approximate surface area is 130 Å². The summed E-state index contributed by atoms with van der Waals surface area (Å²) in [5.41, 5.74) is 1.46. The molecular formula is C14H17N3O2S2. The van der Waals surface area contributed by atoms with Gasteiger partial charge in [0.2, 0.25) is 0 Å². The molecule has 1 aromatic heterocycles. The third-order valence-corrected chi connectivity index (χ3v) is 4.56. The van der Waals surface area contributed by atoms with E-state index in [4.69, 9.17) is 0 Å². The van der Waals surface area contributed by atoms with E-state index in [1.807, 2.05) is 19.2 Å². The normalized spacial score (nSPS) is 13.5. The van der Waals surface area contributed by atoms with E-state index in [1.165, 1.54) is 0 Å². The minimum Gasteiger partial charge on any atom is -0.330 e. The van der Waals surface area contributed by atoms with Crippen molar-refractivity contribution in [3.8, 4) is 0 Å². The summed E-state index contributed by atoms with van der Waals surface area (Å²) in [6.45, 7) is 3.81. The van der Waals surface area contributed by atoms with Gasteiger partial charge in [-0.25, -0.2) is 9.78 Å². The monoisotopic (exact) mass is 323 g/mol. The topological polar surface area (TPSA) is 71.1 Å². The van der Waals surface area contributed by atoms with Gasteiger partial charge in [0, 0.05) is 33.0 Å². The summed E-state index contributed by atoms with van der Waals surface area (Å²) in [4.78, 5) is 17.0. The van der Waals surface area contributed by atoms with Crippen molar-refractivity contribution in [3.63, 3.8) is 0 Å². The molecule has 0 spiro atoms. The van der Waals surface area contributed by atoms with Crippen molar-refractivity contribution in [2.24, 2.45) is 0 Å². The van der Waals surface area contributed by atoms with Gasteiger partial charge in [-0.2, -0.15) is 0 Å². The number of rotatable bonds is 4. The molecule has 1 aromatic carbocycles. The van der Waals surface area contributed by atoms with Crippen LogP contribution in [0.25, 0.3) is 0 Å². The van der Waals surface area contributed by atoms with Crippen molar-refractivity contribution < 1.29 is 9.00 Å². The average molecular weight is 323 g/mol. The van der Waals surface area contributed by atoms with Crippen molar-refractivity contribution in [3.05, 3.63) is 40.3 Å². The average Bonchev–Trinajstić information content (AvgIpc) is 2.85. The van der Waals surface area contributed by atoms with Crippen molar-refractivity contribution in [2.75, 3.05) is 11.6 Å². The smallest absolute Gasteiger partial charge is 0.319 e. The quantitative estimate of drug-likeness (QED) is 0.908. The Kier molecular flexibility index (Phi) is 5.08. The fraction of sp³-hybridized carbons (Fsp3) is 0.286. The van der Waals surface area contributed by atoms with Crippen LogP contribution < -0.4 is 10.6 Å². The van der Waals surface area contributed by atoms with Crippen LogP contribution in [0.15, 0.2) is 34.5 Å². The molecule has 21 heavy (non-hydrogen) atoms. The van der Waals surface area contributed by atoms with Gasteiger partial charge in [-0.05, 0) is 32.0 Å². The fourth-order valence-corrected chi connectivity index (χ4v) is 3.04. The predicted molar refractivity (Wildman–Crippen MR) is 86.2 cm³/mol. The number of carbonyl (C=O) groups is 1. The van der Waals surface area contributed by atoms with Crippen LogP contribution in [-0.4, -0.2) is 21.5 Å². The van der Waals surface area contributed by atoms with Crippen molar-refractivity contribution >= 4 is 33.9 Å².